The van der Waals surface area contributed by atoms with E-state index >= 15 is 0 Å². The fourth-order valence-corrected chi connectivity index (χ4v) is 1.64. The first-order valence-electron chi connectivity index (χ1n) is 7.09. The topological polar surface area (TPSA) is 84.9 Å². The lowest BCUT2D eigenvalue weighted by Gasteiger charge is -2.24. The van der Waals surface area contributed by atoms with Crippen LogP contribution < -0.4 is 5.32 Å². The molecule has 0 aromatic heterocycles. The zero-order valence-electron chi connectivity index (χ0n) is 13.2. The van der Waals surface area contributed by atoms with E-state index in [9.17, 15) is 9.59 Å². The van der Waals surface area contributed by atoms with Gasteiger partial charge < -0.3 is 19.9 Å². The average molecular weight is 309 g/mol. The van der Waals surface area contributed by atoms with Crippen LogP contribution in [0, 0.1) is 0 Å². The van der Waals surface area contributed by atoms with Crippen LogP contribution in [0.15, 0.2) is 30.3 Å². The Morgan fingerprint density at radius 3 is 2.41 bits per heavy atom. The quantitative estimate of drug-likeness (QED) is 0.808. The number of carboxylic acid groups (broad SMARTS) is 1. The second-order valence-corrected chi connectivity index (χ2v) is 5.92. The molecule has 0 aliphatic rings. The number of carboxylic acids is 1. The van der Waals surface area contributed by atoms with Gasteiger partial charge in [0.1, 0.15) is 6.61 Å². The number of alkyl carbamates (subject to hydrolysis) is 1. The first-order valence-corrected chi connectivity index (χ1v) is 7.09. The summed E-state index contributed by atoms with van der Waals surface area (Å²) in [5, 5.41) is 11.4. The third-order valence-corrected chi connectivity index (χ3v) is 2.67. The fraction of sp³-hybridized carbons (Fsp3) is 0.500. The molecule has 0 radical (unpaired) electrons. The minimum atomic E-state index is -1.01. The van der Waals surface area contributed by atoms with Crippen LogP contribution >= 0.6 is 0 Å². The average Bonchev–Trinajstić information content (AvgIpc) is 2.42. The highest BCUT2D eigenvalue weighted by molar-refractivity contribution is 5.71. The number of hydrogen-bond acceptors (Lipinski definition) is 4. The smallest absolute Gasteiger partial charge is 0.407 e. The Morgan fingerprint density at radius 2 is 1.86 bits per heavy atom. The molecule has 1 aromatic rings. The van der Waals surface area contributed by atoms with Crippen molar-refractivity contribution in [1.82, 2.24) is 5.32 Å². The van der Waals surface area contributed by atoms with E-state index in [4.69, 9.17) is 14.6 Å². The molecule has 1 rings (SSSR count). The molecular formula is C16H23NO5. The maximum absolute atomic E-state index is 11.8. The molecule has 0 aliphatic heterocycles. The highest BCUT2D eigenvalue weighted by Gasteiger charge is 2.20. The van der Waals surface area contributed by atoms with Crippen molar-refractivity contribution < 1.29 is 24.2 Å². The first-order chi connectivity index (χ1) is 10.3. The zero-order valence-corrected chi connectivity index (χ0v) is 13.2. The highest BCUT2D eigenvalue weighted by Crippen LogP contribution is 2.09. The summed E-state index contributed by atoms with van der Waals surface area (Å²) < 4.78 is 10.6. The zero-order chi connectivity index (χ0) is 16.6. The second-order valence-electron chi connectivity index (χ2n) is 5.92. The number of hydrogen-bond donors (Lipinski definition) is 2. The molecule has 6 heteroatoms. The third-order valence-electron chi connectivity index (χ3n) is 2.67. The summed E-state index contributed by atoms with van der Waals surface area (Å²) >= 11 is 0. The van der Waals surface area contributed by atoms with Crippen molar-refractivity contribution in [2.45, 2.75) is 45.4 Å². The van der Waals surface area contributed by atoms with Crippen molar-refractivity contribution in [1.29, 1.82) is 0 Å². The SMILES string of the molecule is CC(C)(C)OC[C@@H](CC(=O)O)NC(=O)OCc1ccccc1. The van der Waals surface area contributed by atoms with E-state index in [1.165, 1.54) is 0 Å². The summed E-state index contributed by atoms with van der Waals surface area (Å²) in [6.07, 6.45) is -0.885. The summed E-state index contributed by atoms with van der Waals surface area (Å²) in [6, 6.07) is 8.60. The molecule has 1 aromatic carbocycles. The summed E-state index contributed by atoms with van der Waals surface area (Å²) in [7, 11) is 0. The third kappa shape index (κ3) is 8.26. The lowest BCUT2D eigenvalue weighted by molar-refractivity contribution is -0.138. The molecule has 22 heavy (non-hydrogen) atoms. The Morgan fingerprint density at radius 1 is 1.23 bits per heavy atom. The number of amides is 1. The lowest BCUT2D eigenvalue weighted by atomic mass is 10.1. The Balaban J connectivity index is 2.46. The summed E-state index contributed by atoms with van der Waals surface area (Å²) in [5.41, 5.74) is 0.449. The molecule has 0 heterocycles. The number of rotatable bonds is 7. The van der Waals surface area contributed by atoms with Crippen LogP contribution in [-0.4, -0.2) is 35.4 Å². The van der Waals surface area contributed by atoms with Gasteiger partial charge in [-0.2, -0.15) is 0 Å². The largest absolute Gasteiger partial charge is 0.481 e. The number of ether oxygens (including phenoxy) is 2. The molecule has 1 atom stereocenters. The van der Waals surface area contributed by atoms with Gasteiger partial charge in [0.05, 0.1) is 24.7 Å². The van der Waals surface area contributed by atoms with Gasteiger partial charge in [-0.05, 0) is 26.3 Å². The first kappa shape index (κ1) is 18.0. The van der Waals surface area contributed by atoms with Gasteiger partial charge >= 0.3 is 12.1 Å². The number of nitrogens with one attached hydrogen (secondary N) is 1. The van der Waals surface area contributed by atoms with Crippen molar-refractivity contribution >= 4 is 12.1 Å². The van der Waals surface area contributed by atoms with Crippen LogP contribution in [0.1, 0.15) is 32.8 Å². The van der Waals surface area contributed by atoms with E-state index < -0.39 is 23.7 Å². The van der Waals surface area contributed by atoms with Gasteiger partial charge in [-0.1, -0.05) is 30.3 Å². The molecule has 0 unspecified atom stereocenters. The Kier molecular flexibility index (Phi) is 6.85. The van der Waals surface area contributed by atoms with E-state index in [-0.39, 0.29) is 19.6 Å². The van der Waals surface area contributed by atoms with Crippen LogP contribution in [0.4, 0.5) is 4.79 Å². The Hall–Kier alpha value is -2.08. The van der Waals surface area contributed by atoms with Gasteiger partial charge in [-0.15, -0.1) is 0 Å². The minimum Gasteiger partial charge on any atom is -0.481 e. The van der Waals surface area contributed by atoms with Gasteiger partial charge in [-0.25, -0.2) is 4.79 Å². The molecule has 0 aliphatic carbocycles. The molecule has 0 bridgehead atoms. The summed E-state index contributed by atoms with van der Waals surface area (Å²) in [4.78, 5) is 22.6. The maximum atomic E-state index is 11.8. The second kappa shape index (κ2) is 8.38. The van der Waals surface area contributed by atoms with Gasteiger partial charge in [0.15, 0.2) is 0 Å². The van der Waals surface area contributed by atoms with Crippen LogP contribution in [0.25, 0.3) is 0 Å². The van der Waals surface area contributed by atoms with Crippen molar-refractivity contribution in [2.24, 2.45) is 0 Å². The van der Waals surface area contributed by atoms with Crippen LogP contribution in [0.2, 0.25) is 0 Å². The number of carbonyl (C=O) groups is 2. The lowest BCUT2D eigenvalue weighted by Crippen LogP contribution is -2.41. The Labute approximate surface area is 130 Å². The molecule has 122 valence electrons. The van der Waals surface area contributed by atoms with Crippen molar-refractivity contribution in [3.05, 3.63) is 35.9 Å². The van der Waals surface area contributed by atoms with Crippen molar-refractivity contribution in [3.8, 4) is 0 Å². The van der Waals surface area contributed by atoms with E-state index in [0.29, 0.717) is 0 Å². The van der Waals surface area contributed by atoms with E-state index in [1.807, 2.05) is 51.1 Å². The van der Waals surface area contributed by atoms with Crippen molar-refractivity contribution in [2.75, 3.05) is 6.61 Å². The summed E-state index contributed by atoms with van der Waals surface area (Å²) in [6.45, 7) is 5.82. The standard InChI is InChI=1S/C16H23NO5/c1-16(2,3)22-11-13(9-14(18)19)17-15(20)21-10-12-7-5-4-6-8-12/h4-8,13H,9-11H2,1-3H3,(H,17,20)(H,18,19)/t13-/m1/s1. The predicted molar refractivity (Wildman–Crippen MR) is 81.5 cm³/mol. The molecule has 0 spiro atoms. The van der Waals surface area contributed by atoms with E-state index in [2.05, 4.69) is 5.32 Å². The minimum absolute atomic E-state index is 0.107. The summed E-state index contributed by atoms with van der Waals surface area (Å²) in [5.74, 6) is -1.01. The van der Waals surface area contributed by atoms with E-state index in [1.54, 1.807) is 0 Å². The molecule has 0 fully saturated rings. The maximum Gasteiger partial charge on any atom is 0.407 e. The van der Waals surface area contributed by atoms with Gasteiger partial charge in [-0.3, -0.25) is 4.79 Å². The predicted octanol–water partition coefficient (Wildman–Crippen LogP) is 2.57. The number of benzene rings is 1. The Bertz CT molecular complexity index is 481. The fourth-order valence-electron chi connectivity index (χ4n) is 1.64. The molecule has 6 nitrogen and oxygen atoms in total. The number of aliphatic carboxylic acids is 1. The van der Waals surface area contributed by atoms with Crippen LogP contribution in [0.3, 0.4) is 0 Å². The van der Waals surface area contributed by atoms with Crippen molar-refractivity contribution in [3.63, 3.8) is 0 Å². The molecule has 0 saturated carbocycles. The normalized spacial score (nSPS) is 12.5. The van der Waals surface area contributed by atoms with Crippen LogP contribution in [-0.2, 0) is 20.9 Å². The molecule has 0 saturated heterocycles. The molecule has 2 N–H and O–H groups in total. The van der Waals surface area contributed by atoms with Gasteiger partial charge in [0.2, 0.25) is 0 Å². The highest BCUT2D eigenvalue weighted by atomic mass is 16.5. The van der Waals surface area contributed by atoms with Gasteiger partial charge in [0, 0.05) is 0 Å². The number of carbonyl (C=O) groups excluding carboxylic acids is 1. The monoisotopic (exact) mass is 309 g/mol. The molecular weight excluding hydrogens is 286 g/mol. The van der Waals surface area contributed by atoms with E-state index in [0.717, 1.165) is 5.56 Å². The van der Waals surface area contributed by atoms with Crippen LogP contribution in [0.5, 0.6) is 0 Å². The van der Waals surface area contributed by atoms with Gasteiger partial charge in [0.25, 0.3) is 0 Å². The molecule has 1 amide bonds.